The molecule has 1 rings (SSSR count). The largest absolute Gasteiger partial charge is 0.376 e. The number of ether oxygens (including phenoxy) is 1. The zero-order chi connectivity index (χ0) is 17.1. The molecule has 0 aliphatic carbocycles. The minimum Gasteiger partial charge on any atom is -0.376 e. The van der Waals surface area contributed by atoms with Crippen LogP contribution in [0.5, 0.6) is 0 Å². The van der Waals surface area contributed by atoms with E-state index < -0.39 is 0 Å². The molecule has 0 spiro atoms. The van der Waals surface area contributed by atoms with E-state index in [0.717, 1.165) is 12.3 Å². The summed E-state index contributed by atoms with van der Waals surface area (Å²) in [6.07, 6.45) is 5.04. The average Bonchev–Trinajstić information content (AvgIpc) is 2.47. The van der Waals surface area contributed by atoms with Crippen molar-refractivity contribution in [2.24, 2.45) is 17.8 Å². The van der Waals surface area contributed by atoms with E-state index in [1.165, 1.54) is 24.8 Å². The van der Waals surface area contributed by atoms with Gasteiger partial charge < -0.3 is 4.74 Å². The molecular formula is C21H34O2. The van der Waals surface area contributed by atoms with Crippen molar-refractivity contribution in [3.8, 4) is 0 Å². The maximum atomic E-state index is 12.1. The summed E-state index contributed by atoms with van der Waals surface area (Å²) in [5, 5.41) is 0. The van der Waals surface area contributed by atoms with Gasteiger partial charge in [-0.2, -0.15) is 0 Å². The first-order chi connectivity index (χ1) is 11.0. The lowest BCUT2D eigenvalue weighted by molar-refractivity contribution is -0.121. The molecule has 1 aromatic rings. The minimum atomic E-state index is 0.300. The zero-order valence-electron chi connectivity index (χ0n) is 15.4. The Bertz CT molecular complexity index is 425. The van der Waals surface area contributed by atoms with Gasteiger partial charge in [0.2, 0.25) is 0 Å². The van der Waals surface area contributed by atoms with E-state index in [2.05, 4.69) is 39.8 Å². The third-order valence-electron chi connectivity index (χ3n) is 4.14. The van der Waals surface area contributed by atoms with E-state index in [0.29, 0.717) is 37.3 Å². The van der Waals surface area contributed by atoms with Crippen molar-refractivity contribution in [1.29, 1.82) is 0 Å². The molecule has 0 aliphatic rings. The molecule has 0 heterocycles. The van der Waals surface area contributed by atoms with E-state index in [1.54, 1.807) is 0 Å². The van der Waals surface area contributed by atoms with Crippen LogP contribution in [0.1, 0.15) is 65.4 Å². The average molecular weight is 319 g/mol. The highest BCUT2D eigenvalue weighted by molar-refractivity contribution is 5.78. The first-order valence-corrected chi connectivity index (χ1v) is 9.10. The topological polar surface area (TPSA) is 26.3 Å². The SMILES string of the molecule is CC(C)CCCC(C)CC(=O)CC(C)COCc1ccccc1. The molecule has 23 heavy (non-hydrogen) atoms. The quantitative estimate of drug-likeness (QED) is 0.497. The summed E-state index contributed by atoms with van der Waals surface area (Å²) in [6, 6.07) is 10.2. The van der Waals surface area contributed by atoms with Crippen molar-refractivity contribution < 1.29 is 9.53 Å². The Kier molecular flexibility index (Phi) is 9.86. The van der Waals surface area contributed by atoms with Gasteiger partial charge in [0.1, 0.15) is 5.78 Å². The Morgan fingerprint density at radius 3 is 2.26 bits per heavy atom. The van der Waals surface area contributed by atoms with E-state index in [4.69, 9.17) is 4.74 Å². The molecule has 2 heteroatoms. The molecule has 0 saturated carbocycles. The van der Waals surface area contributed by atoms with Gasteiger partial charge in [-0.1, -0.05) is 77.3 Å². The third-order valence-corrected chi connectivity index (χ3v) is 4.14. The summed E-state index contributed by atoms with van der Waals surface area (Å²) < 4.78 is 5.73. The van der Waals surface area contributed by atoms with Crippen molar-refractivity contribution in [2.45, 2.75) is 66.4 Å². The van der Waals surface area contributed by atoms with Gasteiger partial charge in [0.15, 0.2) is 0 Å². The van der Waals surface area contributed by atoms with Crippen LogP contribution in [0, 0.1) is 17.8 Å². The number of hydrogen-bond donors (Lipinski definition) is 0. The molecule has 130 valence electrons. The fourth-order valence-corrected chi connectivity index (χ4v) is 2.85. The van der Waals surface area contributed by atoms with Gasteiger partial charge in [-0.05, 0) is 23.3 Å². The maximum Gasteiger partial charge on any atom is 0.133 e. The first-order valence-electron chi connectivity index (χ1n) is 9.10. The second-order valence-electron chi connectivity index (χ2n) is 7.48. The van der Waals surface area contributed by atoms with Gasteiger partial charge in [-0.25, -0.2) is 0 Å². The molecule has 2 unspecified atom stereocenters. The molecule has 0 saturated heterocycles. The zero-order valence-corrected chi connectivity index (χ0v) is 15.4. The Morgan fingerprint density at radius 1 is 0.957 bits per heavy atom. The highest BCUT2D eigenvalue weighted by atomic mass is 16.5. The lowest BCUT2D eigenvalue weighted by Crippen LogP contribution is -2.14. The lowest BCUT2D eigenvalue weighted by atomic mass is 9.93. The minimum absolute atomic E-state index is 0.300. The molecule has 0 aromatic heterocycles. The lowest BCUT2D eigenvalue weighted by Gasteiger charge is -2.14. The van der Waals surface area contributed by atoms with E-state index in [1.807, 2.05) is 18.2 Å². The van der Waals surface area contributed by atoms with Crippen LogP contribution in [0.3, 0.4) is 0 Å². The van der Waals surface area contributed by atoms with E-state index >= 15 is 0 Å². The number of ketones is 1. The first kappa shape index (κ1) is 19.9. The molecule has 1 aromatic carbocycles. The van der Waals surface area contributed by atoms with Crippen molar-refractivity contribution in [1.82, 2.24) is 0 Å². The number of Topliss-reactive ketones (excluding diaryl/α,β-unsaturated/α-hetero) is 1. The van der Waals surface area contributed by atoms with Gasteiger partial charge in [0.25, 0.3) is 0 Å². The molecule has 2 nitrogen and oxygen atoms in total. The second kappa shape index (κ2) is 11.4. The predicted octanol–water partition coefficient (Wildman–Crippen LogP) is 5.65. The van der Waals surface area contributed by atoms with E-state index in [9.17, 15) is 4.79 Å². The summed E-state index contributed by atoms with van der Waals surface area (Å²) in [5.41, 5.74) is 1.19. The molecular weight excluding hydrogens is 284 g/mol. The van der Waals surface area contributed by atoms with Crippen LogP contribution in [0.4, 0.5) is 0 Å². The fourth-order valence-electron chi connectivity index (χ4n) is 2.85. The summed E-state index contributed by atoms with van der Waals surface area (Å²) in [5.74, 6) is 1.96. The van der Waals surface area contributed by atoms with Gasteiger partial charge in [0, 0.05) is 19.4 Å². The van der Waals surface area contributed by atoms with Gasteiger partial charge in [0.05, 0.1) is 6.61 Å². The van der Waals surface area contributed by atoms with Crippen LogP contribution in [-0.4, -0.2) is 12.4 Å². The summed E-state index contributed by atoms with van der Waals surface area (Å²) in [4.78, 5) is 12.1. The second-order valence-corrected chi connectivity index (χ2v) is 7.48. The van der Waals surface area contributed by atoms with Crippen molar-refractivity contribution in [2.75, 3.05) is 6.61 Å². The smallest absolute Gasteiger partial charge is 0.133 e. The van der Waals surface area contributed by atoms with Crippen LogP contribution in [0.15, 0.2) is 30.3 Å². The fraction of sp³-hybridized carbons (Fsp3) is 0.667. The summed E-state index contributed by atoms with van der Waals surface area (Å²) in [6.45, 7) is 10.1. The van der Waals surface area contributed by atoms with E-state index in [-0.39, 0.29) is 0 Å². The summed E-state index contributed by atoms with van der Waals surface area (Å²) in [7, 11) is 0. The molecule has 0 aliphatic heterocycles. The molecule has 0 N–H and O–H groups in total. The Morgan fingerprint density at radius 2 is 1.61 bits per heavy atom. The maximum absolute atomic E-state index is 12.1. The molecule has 0 amide bonds. The number of benzene rings is 1. The monoisotopic (exact) mass is 318 g/mol. The normalized spacial score (nSPS) is 14.0. The van der Waals surface area contributed by atoms with Crippen molar-refractivity contribution >= 4 is 5.78 Å². The molecule has 0 fully saturated rings. The Labute approximate surface area is 142 Å². The van der Waals surface area contributed by atoms with Crippen LogP contribution in [0.25, 0.3) is 0 Å². The number of hydrogen-bond acceptors (Lipinski definition) is 2. The third kappa shape index (κ3) is 10.3. The Hall–Kier alpha value is -1.15. The Balaban J connectivity index is 2.13. The van der Waals surface area contributed by atoms with Crippen molar-refractivity contribution in [3.05, 3.63) is 35.9 Å². The number of carbonyl (C=O) groups is 1. The number of carbonyl (C=O) groups excluding carboxylic acids is 1. The van der Waals surface area contributed by atoms with Crippen LogP contribution in [0.2, 0.25) is 0 Å². The van der Waals surface area contributed by atoms with Crippen molar-refractivity contribution in [3.63, 3.8) is 0 Å². The van der Waals surface area contributed by atoms with Gasteiger partial charge in [-0.15, -0.1) is 0 Å². The van der Waals surface area contributed by atoms with Crippen LogP contribution >= 0.6 is 0 Å². The van der Waals surface area contributed by atoms with Gasteiger partial charge >= 0.3 is 0 Å². The standard InChI is InChI=1S/C21H34O2/c1-17(2)9-8-10-18(3)13-21(22)14-19(4)15-23-16-20-11-6-5-7-12-20/h5-7,11-12,17-19H,8-10,13-16H2,1-4H3. The van der Waals surface area contributed by atoms with Crippen LogP contribution in [-0.2, 0) is 16.1 Å². The summed E-state index contributed by atoms with van der Waals surface area (Å²) >= 11 is 0. The van der Waals surface area contributed by atoms with Gasteiger partial charge in [-0.3, -0.25) is 4.79 Å². The highest BCUT2D eigenvalue weighted by Crippen LogP contribution is 2.17. The van der Waals surface area contributed by atoms with Crippen LogP contribution < -0.4 is 0 Å². The number of rotatable bonds is 12. The molecule has 0 radical (unpaired) electrons. The highest BCUT2D eigenvalue weighted by Gasteiger charge is 2.13. The molecule has 0 bridgehead atoms. The molecule has 2 atom stereocenters. The predicted molar refractivity (Wildman–Crippen MR) is 97.4 cm³/mol.